The zero-order valence-corrected chi connectivity index (χ0v) is 13.6. The van der Waals surface area contributed by atoms with Gasteiger partial charge in [0, 0.05) is 24.7 Å². The van der Waals surface area contributed by atoms with Gasteiger partial charge in [-0.15, -0.1) is 0 Å². The molecular formula is C16H24N2O5. The van der Waals surface area contributed by atoms with Crippen LogP contribution in [0.3, 0.4) is 0 Å². The van der Waals surface area contributed by atoms with E-state index in [0.717, 1.165) is 19.3 Å². The van der Waals surface area contributed by atoms with Crippen molar-refractivity contribution in [3.8, 4) is 0 Å². The molecule has 2 aliphatic carbocycles. The summed E-state index contributed by atoms with van der Waals surface area (Å²) in [5.74, 6) is -0.218. The quantitative estimate of drug-likeness (QED) is 0.531. The Kier molecular flexibility index (Phi) is 4.10. The predicted octanol–water partition coefficient (Wildman–Crippen LogP) is 1.80. The minimum absolute atomic E-state index is 0.0646. The van der Waals surface area contributed by atoms with E-state index in [9.17, 15) is 9.59 Å². The third kappa shape index (κ3) is 3.67. The van der Waals surface area contributed by atoms with Gasteiger partial charge in [0.15, 0.2) is 5.79 Å². The normalized spacial score (nSPS) is 30.6. The summed E-state index contributed by atoms with van der Waals surface area (Å²) >= 11 is 0. The van der Waals surface area contributed by atoms with E-state index in [1.54, 1.807) is 0 Å². The lowest BCUT2D eigenvalue weighted by molar-refractivity contribution is -0.295. The third-order valence-electron chi connectivity index (χ3n) is 4.80. The lowest BCUT2D eigenvalue weighted by Gasteiger charge is -2.41. The van der Waals surface area contributed by atoms with Gasteiger partial charge in [-0.3, -0.25) is 10.2 Å². The van der Waals surface area contributed by atoms with Crippen LogP contribution in [0.4, 0.5) is 4.79 Å². The van der Waals surface area contributed by atoms with Crippen molar-refractivity contribution in [1.29, 1.82) is 0 Å². The molecule has 0 aromatic carbocycles. The van der Waals surface area contributed by atoms with Crippen molar-refractivity contribution in [2.75, 3.05) is 13.2 Å². The molecule has 128 valence electrons. The second kappa shape index (κ2) is 5.79. The fourth-order valence-electron chi connectivity index (χ4n) is 3.71. The summed E-state index contributed by atoms with van der Waals surface area (Å²) in [6.45, 7) is 5.68. The largest absolute Gasteiger partial charge is 0.464 e. The van der Waals surface area contributed by atoms with Gasteiger partial charge in [-0.1, -0.05) is 25.5 Å². The van der Waals surface area contributed by atoms with E-state index in [2.05, 4.69) is 25.3 Å². The smallest absolute Gasteiger partial charge is 0.423 e. The standard InChI is InChI=1S/C16H24N2O5/c1-15(2)8-22-16(23-9-15)6-11-3-10(4-12(11)7-16)5-13(19)17-18-14(20)21/h3,10,12,18H,4-9H2,1-2H3,(H,17,19)(H,20,21). The molecule has 0 aromatic rings. The number of rotatable bonds is 2. The first-order chi connectivity index (χ1) is 10.8. The Labute approximate surface area is 135 Å². The summed E-state index contributed by atoms with van der Waals surface area (Å²) in [7, 11) is 0. The predicted molar refractivity (Wildman–Crippen MR) is 81.3 cm³/mol. The van der Waals surface area contributed by atoms with Crippen LogP contribution in [0, 0.1) is 17.3 Å². The van der Waals surface area contributed by atoms with Crippen molar-refractivity contribution in [3.63, 3.8) is 0 Å². The van der Waals surface area contributed by atoms with Crippen molar-refractivity contribution >= 4 is 12.0 Å². The van der Waals surface area contributed by atoms with Gasteiger partial charge in [0.1, 0.15) is 0 Å². The van der Waals surface area contributed by atoms with Crippen LogP contribution in [0.15, 0.2) is 11.6 Å². The van der Waals surface area contributed by atoms with Gasteiger partial charge in [-0.2, -0.15) is 0 Å². The highest BCUT2D eigenvalue weighted by atomic mass is 16.7. The highest BCUT2D eigenvalue weighted by Gasteiger charge is 2.50. The van der Waals surface area contributed by atoms with Crippen LogP contribution in [0.5, 0.6) is 0 Å². The molecule has 0 radical (unpaired) electrons. The maximum atomic E-state index is 11.7. The van der Waals surface area contributed by atoms with E-state index in [1.165, 1.54) is 5.57 Å². The number of ether oxygens (including phenoxy) is 2. The Hall–Kier alpha value is -1.60. The summed E-state index contributed by atoms with van der Waals surface area (Å²) in [4.78, 5) is 22.0. The van der Waals surface area contributed by atoms with E-state index in [0.29, 0.717) is 25.6 Å². The highest BCUT2D eigenvalue weighted by molar-refractivity contribution is 5.78. The first-order valence-corrected chi connectivity index (χ1v) is 8.03. The van der Waals surface area contributed by atoms with Crippen LogP contribution in [0.25, 0.3) is 0 Å². The molecule has 1 aliphatic heterocycles. The Balaban J connectivity index is 1.52. The molecule has 0 aromatic heterocycles. The van der Waals surface area contributed by atoms with Crippen molar-refractivity contribution < 1.29 is 24.2 Å². The van der Waals surface area contributed by atoms with Gasteiger partial charge < -0.3 is 14.6 Å². The number of hydrazine groups is 1. The van der Waals surface area contributed by atoms with Crippen LogP contribution in [0.2, 0.25) is 0 Å². The van der Waals surface area contributed by atoms with E-state index >= 15 is 0 Å². The van der Waals surface area contributed by atoms with Gasteiger partial charge in [0.05, 0.1) is 13.2 Å². The van der Waals surface area contributed by atoms with E-state index in [4.69, 9.17) is 14.6 Å². The molecule has 2 amide bonds. The van der Waals surface area contributed by atoms with Gasteiger partial charge in [-0.25, -0.2) is 10.2 Å². The third-order valence-corrected chi connectivity index (χ3v) is 4.80. The Bertz CT molecular complexity index is 533. The average Bonchev–Trinajstić information content (AvgIpc) is 2.96. The van der Waals surface area contributed by atoms with Crippen LogP contribution >= 0.6 is 0 Å². The zero-order valence-electron chi connectivity index (χ0n) is 13.6. The fraction of sp³-hybridized carbons (Fsp3) is 0.750. The molecule has 1 saturated carbocycles. The number of carboxylic acid groups (broad SMARTS) is 1. The summed E-state index contributed by atoms with van der Waals surface area (Å²) in [5.41, 5.74) is 5.43. The maximum absolute atomic E-state index is 11.7. The molecule has 23 heavy (non-hydrogen) atoms. The van der Waals surface area contributed by atoms with E-state index in [1.807, 2.05) is 5.43 Å². The number of fused-ring (bicyclic) bond motifs is 1. The number of hydrogen-bond donors (Lipinski definition) is 3. The van der Waals surface area contributed by atoms with Gasteiger partial charge in [0.2, 0.25) is 5.91 Å². The lowest BCUT2D eigenvalue weighted by Crippen LogP contribution is -2.46. The molecule has 2 atom stereocenters. The minimum Gasteiger partial charge on any atom is -0.464 e. The second-order valence-corrected chi connectivity index (χ2v) is 7.65. The second-order valence-electron chi connectivity index (χ2n) is 7.65. The van der Waals surface area contributed by atoms with E-state index in [-0.39, 0.29) is 17.2 Å². The topological polar surface area (TPSA) is 96.9 Å². The zero-order chi connectivity index (χ0) is 16.7. The lowest BCUT2D eigenvalue weighted by atomic mass is 9.93. The minimum atomic E-state index is -1.27. The summed E-state index contributed by atoms with van der Waals surface area (Å²) in [6, 6.07) is 0. The number of amides is 2. The first kappa shape index (κ1) is 16.3. The van der Waals surface area contributed by atoms with Gasteiger partial charge in [-0.05, 0) is 18.3 Å². The van der Waals surface area contributed by atoms with Crippen LogP contribution in [-0.2, 0) is 14.3 Å². The molecular weight excluding hydrogens is 300 g/mol. The number of carbonyl (C=O) groups is 2. The molecule has 2 fully saturated rings. The Morgan fingerprint density at radius 1 is 1.30 bits per heavy atom. The van der Waals surface area contributed by atoms with Crippen LogP contribution in [-0.4, -0.2) is 36.1 Å². The average molecular weight is 324 g/mol. The molecule has 1 saturated heterocycles. The van der Waals surface area contributed by atoms with Gasteiger partial charge in [0.25, 0.3) is 0 Å². The number of hydrogen-bond acceptors (Lipinski definition) is 4. The summed E-state index contributed by atoms with van der Waals surface area (Å²) < 4.78 is 12.1. The number of nitrogens with one attached hydrogen (secondary N) is 2. The molecule has 2 unspecified atom stereocenters. The monoisotopic (exact) mass is 324 g/mol. The van der Waals surface area contributed by atoms with Crippen molar-refractivity contribution in [3.05, 3.63) is 11.6 Å². The highest BCUT2D eigenvalue weighted by Crippen LogP contribution is 2.51. The van der Waals surface area contributed by atoms with Crippen LogP contribution < -0.4 is 10.9 Å². The van der Waals surface area contributed by atoms with Crippen molar-refractivity contribution in [2.24, 2.45) is 17.3 Å². The maximum Gasteiger partial charge on any atom is 0.423 e. The summed E-state index contributed by atoms with van der Waals surface area (Å²) in [6.07, 6.45) is 3.69. The van der Waals surface area contributed by atoms with Crippen molar-refractivity contribution in [2.45, 2.75) is 45.3 Å². The molecule has 1 spiro atoms. The number of carbonyl (C=O) groups excluding carboxylic acids is 1. The molecule has 0 bridgehead atoms. The number of allylic oxidation sites excluding steroid dienone is 1. The molecule has 3 aliphatic rings. The molecule has 3 N–H and O–H groups in total. The molecule has 3 rings (SSSR count). The van der Waals surface area contributed by atoms with Crippen LogP contribution in [0.1, 0.15) is 39.5 Å². The molecule has 1 heterocycles. The van der Waals surface area contributed by atoms with Gasteiger partial charge >= 0.3 is 6.09 Å². The van der Waals surface area contributed by atoms with Crippen molar-refractivity contribution in [1.82, 2.24) is 10.9 Å². The molecule has 7 nitrogen and oxygen atoms in total. The fourth-order valence-corrected chi connectivity index (χ4v) is 3.71. The SMILES string of the molecule is CC1(C)COC2(CC3=CC(CC(=O)NNC(=O)O)CC3C2)OC1. The van der Waals surface area contributed by atoms with E-state index < -0.39 is 11.9 Å². The Morgan fingerprint density at radius 3 is 2.61 bits per heavy atom. The summed E-state index contributed by atoms with van der Waals surface area (Å²) in [5, 5.41) is 8.47. The first-order valence-electron chi connectivity index (χ1n) is 8.03. The molecule has 7 heteroatoms. The Morgan fingerprint density at radius 2 is 2.00 bits per heavy atom.